The highest BCUT2D eigenvalue weighted by molar-refractivity contribution is 9.10. The molecule has 1 aromatic heterocycles. The zero-order chi connectivity index (χ0) is 14.9. The van der Waals surface area contributed by atoms with E-state index >= 15 is 0 Å². The number of hydrogen-bond acceptors (Lipinski definition) is 6. The molecule has 0 saturated carbocycles. The smallest absolute Gasteiger partial charge is 0.347 e. The second kappa shape index (κ2) is 5.90. The average Bonchev–Trinajstić information content (AvgIpc) is 2.72. The molecule has 0 atom stereocenters. The summed E-state index contributed by atoms with van der Waals surface area (Å²) in [5.74, 6) is -1.04. The van der Waals surface area contributed by atoms with Gasteiger partial charge in [-0.15, -0.1) is 11.3 Å². The monoisotopic (exact) mass is 374 g/mol. The van der Waals surface area contributed by atoms with Crippen LogP contribution >= 0.6 is 39.0 Å². The molecule has 0 aliphatic rings. The molecule has 0 fully saturated rings. The van der Waals surface area contributed by atoms with Crippen molar-refractivity contribution in [2.45, 2.75) is 16.2 Å². The lowest BCUT2D eigenvalue weighted by Crippen LogP contribution is -1.94. The second-order valence-corrected chi connectivity index (χ2v) is 6.87. The van der Waals surface area contributed by atoms with E-state index in [0.717, 1.165) is 23.1 Å². The maximum Gasteiger partial charge on any atom is 0.347 e. The highest BCUT2D eigenvalue weighted by Crippen LogP contribution is 2.38. The molecule has 9 heteroatoms. The number of halogens is 1. The van der Waals surface area contributed by atoms with E-state index in [1.54, 1.807) is 19.1 Å². The van der Waals surface area contributed by atoms with Crippen LogP contribution in [0.25, 0.3) is 0 Å². The zero-order valence-corrected chi connectivity index (χ0v) is 13.2. The molecule has 104 valence electrons. The molecule has 0 aliphatic carbocycles. The summed E-state index contributed by atoms with van der Waals surface area (Å²) in [6.45, 7) is 1.60. The largest absolute Gasteiger partial charge is 0.477 e. The molecule has 0 saturated heterocycles. The standard InChI is InChI=1S/C11H7BrN2O4S2/c1-5-9(10(15)16)20-11(13-5)19-8-3-2-6(12)4-7(8)14(17)18/h2-4H,1H3,(H,15,16). The fraction of sp³-hybridized carbons (Fsp3) is 0.0909. The van der Waals surface area contributed by atoms with Crippen molar-refractivity contribution in [3.8, 4) is 0 Å². The number of benzene rings is 1. The third-order valence-corrected chi connectivity index (χ3v) is 5.05. The van der Waals surface area contributed by atoms with E-state index in [-0.39, 0.29) is 10.6 Å². The van der Waals surface area contributed by atoms with Crippen LogP contribution in [-0.4, -0.2) is 21.0 Å². The highest BCUT2D eigenvalue weighted by Gasteiger charge is 2.19. The first kappa shape index (κ1) is 14.9. The van der Waals surface area contributed by atoms with Crippen molar-refractivity contribution in [3.63, 3.8) is 0 Å². The van der Waals surface area contributed by atoms with E-state index in [1.165, 1.54) is 6.07 Å². The van der Waals surface area contributed by atoms with Gasteiger partial charge >= 0.3 is 5.97 Å². The summed E-state index contributed by atoms with van der Waals surface area (Å²) < 4.78 is 1.07. The van der Waals surface area contributed by atoms with Crippen LogP contribution in [0.4, 0.5) is 5.69 Å². The van der Waals surface area contributed by atoms with Gasteiger partial charge in [0.25, 0.3) is 5.69 Å². The van der Waals surface area contributed by atoms with Crippen LogP contribution in [0.1, 0.15) is 15.4 Å². The third-order valence-electron chi connectivity index (χ3n) is 2.29. The number of nitro groups is 1. The number of aromatic nitrogens is 1. The third kappa shape index (κ3) is 3.17. The first-order chi connectivity index (χ1) is 9.38. The Morgan fingerprint density at radius 3 is 2.80 bits per heavy atom. The van der Waals surface area contributed by atoms with Crippen molar-refractivity contribution in [2.24, 2.45) is 0 Å². The van der Waals surface area contributed by atoms with Crippen molar-refractivity contribution in [1.82, 2.24) is 4.98 Å². The molecule has 0 bridgehead atoms. The number of carboxylic acids is 1. The molecule has 1 aromatic carbocycles. The number of aromatic carboxylic acids is 1. The summed E-state index contributed by atoms with van der Waals surface area (Å²) in [7, 11) is 0. The lowest BCUT2D eigenvalue weighted by molar-refractivity contribution is -0.387. The van der Waals surface area contributed by atoms with E-state index in [1.807, 2.05) is 0 Å². The van der Waals surface area contributed by atoms with Gasteiger partial charge in [0, 0.05) is 10.5 Å². The normalized spacial score (nSPS) is 10.5. The minimum absolute atomic E-state index is 0.0471. The maximum absolute atomic E-state index is 11.0. The predicted molar refractivity (Wildman–Crippen MR) is 78.7 cm³/mol. The van der Waals surface area contributed by atoms with Gasteiger partial charge < -0.3 is 5.11 Å². The van der Waals surface area contributed by atoms with Gasteiger partial charge in [0.15, 0.2) is 4.34 Å². The highest BCUT2D eigenvalue weighted by atomic mass is 79.9. The van der Waals surface area contributed by atoms with Gasteiger partial charge in [-0.05, 0) is 19.1 Å². The number of thiazole rings is 1. The molecular formula is C11H7BrN2O4S2. The van der Waals surface area contributed by atoms with Crippen molar-refractivity contribution in [2.75, 3.05) is 0 Å². The molecule has 2 aromatic rings. The summed E-state index contributed by atoms with van der Waals surface area (Å²) >= 11 is 5.27. The molecular weight excluding hydrogens is 368 g/mol. The number of nitro benzene ring substituents is 1. The number of carbonyl (C=O) groups is 1. The first-order valence-corrected chi connectivity index (χ1v) is 7.63. The Morgan fingerprint density at radius 2 is 2.25 bits per heavy atom. The molecule has 2 rings (SSSR count). The van der Waals surface area contributed by atoms with Gasteiger partial charge in [-0.3, -0.25) is 10.1 Å². The van der Waals surface area contributed by atoms with E-state index in [4.69, 9.17) is 5.11 Å². The second-order valence-electron chi connectivity index (χ2n) is 3.67. The number of nitrogens with zero attached hydrogens (tertiary/aromatic N) is 2. The fourth-order valence-corrected chi connectivity index (χ4v) is 3.85. The Bertz CT molecular complexity index is 702. The topological polar surface area (TPSA) is 93.3 Å². The Hall–Kier alpha value is -1.45. The molecule has 0 spiro atoms. The summed E-state index contributed by atoms with van der Waals surface area (Å²) in [5.41, 5.74) is 0.360. The summed E-state index contributed by atoms with van der Waals surface area (Å²) in [5, 5.41) is 20.0. The van der Waals surface area contributed by atoms with Gasteiger partial charge in [-0.25, -0.2) is 9.78 Å². The van der Waals surface area contributed by atoms with Gasteiger partial charge in [-0.2, -0.15) is 0 Å². The Kier molecular flexibility index (Phi) is 4.41. The number of carboxylic acid groups (broad SMARTS) is 1. The molecule has 0 radical (unpaired) electrons. The summed E-state index contributed by atoms with van der Waals surface area (Å²) in [6, 6.07) is 4.69. The van der Waals surface area contributed by atoms with Crippen molar-refractivity contribution >= 4 is 50.7 Å². The number of hydrogen-bond donors (Lipinski definition) is 1. The molecule has 1 N–H and O–H groups in total. The van der Waals surface area contributed by atoms with Crippen LogP contribution in [0.5, 0.6) is 0 Å². The van der Waals surface area contributed by atoms with Gasteiger partial charge in [-0.1, -0.05) is 27.7 Å². The predicted octanol–water partition coefficient (Wildman–Crippen LogP) is 3.97. The van der Waals surface area contributed by atoms with Gasteiger partial charge in [0.2, 0.25) is 0 Å². The minimum atomic E-state index is -1.04. The van der Waals surface area contributed by atoms with Crippen LogP contribution in [0.3, 0.4) is 0 Å². The number of aryl methyl sites for hydroxylation is 1. The summed E-state index contributed by atoms with van der Waals surface area (Å²) in [6.07, 6.45) is 0. The first-order valence-electron chi connectivity index (χ1n) is 5.21. The van der Waals surface area contributed by atoms with Crippen molar-refractivity contribution in [1.29, 1.82) is 0 Å². The zero-order valence-electron chi connectivity index (χ0n) is 9.99. The molecule has 6 nitrogen and oxygen atoms in total. The lowest BCUT2D eigenvalue weighted by atomic mass is 10.3. The van der Waals surface area contributed by atoms with Crippen LogP contribution in [0, 0.1) is 17.0 Å². The summed E-state index contributed by atoms with van der Waals surface area (Å²) in [4.78, 5) is 26.2. The lowest BCUT2D eigenvalue weighted by Gasteiger charge is -2.00. The molecule has 0 amide bonds. The van der Waals surface area contributed by atoms with Crippen LogP contribution in [0.2, 0.25) is 0 Å². The maximum atomic E-state index is 11.0. The fourth-order valence-electron chi connectivity index (χ4n) is 1.43. The van der Waals surface area contributed by atoms with E-state index in [0.29, 0.717) is 19.4 Å². The number of rotatable bonds is 4. The van der Waals surface area contributed by atoms with Gasteiger partial charge in [0.05, 0.1) is 15.5 Å². The van der Waals surface area contributed by atoms with Crippen molar-refractivity contribution < 1.29 is 14.8 Å². The van der Waals surface area contributed by atoms with E-state index < -0.39 is 10.9 Å². The average molecular weight is 375 g/mol. The van der Waals surface area contributed by atoms with Crippen LogP contribution in [0.15, 0.2) is 31.9 Å². The Labute approximate surface area is 130 Å². The van der Waals surface area contributed by atoms with E-state index in [9.17, 15) is 14.9 Å². The molecule has 1 heterocycles. The minimum Gasteiger partial charge on any atom is -0.477 e. The van der Waals surface area contributed by atoms with Gasteiger partial charge in [0.1, 0.15) is 4.88 Å². The quantitative estimate of drug-likeness (QED) is 0.642. The van der Waals surface area contributed by atoms with Crippen molar-refractivity contribution in [3.05, 3.63) is 43.4 Å². The van der Waals surface area contributed by atoms with E-state index in [2.05, 4.69) is 20.9 Å². The van der Waals surface area contributed by atoms with Crippen LogP contribution < -0.4 is 0 Å². The van der Waals surface area contributed by atoms with Crippen LogP contribution in [-0.2, 0) is 0 Å². The Balaban J connectivity index is 2.37. The molecule has 0 aliphatic heterocycles. The molecule has 20 heavy (non-hydrogen) atoms. The Morgan fingerprint density at radius 1 is 1.55 bits per heavy atom. The molecule has 0 unspecified atom stereocenters. The SMILES string of the molecule is Cc1nc(Sc2ccc(Br)cc2[N+](=O)[O-])sc1C(=O)O.